The van der Waals surface area contributed by atoms with Crippen LogP contribution < -0.4 is 0 Å². The number of halogens is 3. The number of benzene rings is 2. The minimum atomic E-state index is -4.98. The molecule has 0 saturated carbocycles. The van der Waals surface area contributed by atoms with E-state index in [-0.39, 0.29) is 18.1 Å². The van der Waals surface area contributed by atoms with Crippen LogP contribution in [0.1, 0.15) is 17.5 Å². The van der Waals surface area contributed by atoms with Crippen LogP contribution in [0.4, 0.5) is 13.2 Å². The highest BCUT2D eigenvalue weighted by molar-refractivity contribution is 5.82. The Hall–Kier alpha value is -2.60. The molecule has 2 atom stereocenters. The lowest BCUT2D eigenvalue weighted by atomic mass is 9.92. The molecule has 0 aliphatic carbocycles. The third-order valence-electron chi connectivity index (χ3n) is 4.49. The summed E-state index contributed by atoms with van der Waals surface area (Å²) in [5.41, 5.74) is -2.49. The molecule has 0 unspecified atom stereocenters. The molecular formula is C22H23F3O3. The molecule has 28 heavy (non-hydrogen) atoms. The van der Waals surface area contributed by atoms with Crippen molar-refractivity contribution in [3.05, 3.63) is 84.4 Å². The molecule has 2 aromatic rings. The van der Waals surface area contributed by atoms with Crippen molar-refractivity contribution < 1.29 is 27.4 Å². The Morgan fingerprint density at radius 3 is 2.14 bits per heavy atom. The molecule has 0 amide bonds. The van der Waals surface area contributed by atoms with E-state index in [4.69, 9.17) is 9.47 Å². The summed E-state index contributed by atoms with van der Waals surface area (Å²) in [5.74, 6) is -1.67. The lowest BCUT2D eigenvalue weighted by Crippen LogP contribution is -2.52. The van der Waals surface area contributed by atoms with Gasteiger partial charge in [0.1, 0.15) is 0 Å². The Kier molecular flexibility index (Phi) is 7.40. The van der Waals surface area contributed by atoms with Crippen molar-refractivity contribution in [3.63, 3.8) is 0 Å². The number of methoxy groups -OCH3 is 1. The minimum Gasteiger partial charge on any atom is -0.463 e. The first-order valence-electron chi connectivity index (χ1n) is 8.84. The summed E-state index contributed by atoms with van der Waals surface area (Å²) in [6.07, 6.45) is -2.27. The summed E-state index contributed by atoms with van der Waals surface area (Å²) in [6, 6.07) is 16.2. The number of carbonyl (C=O) groups is 1. The third-order valence-corrected chi connectivity index (χ3v) is 4.49. The van der Waals surface area contributed by atoms with Gasteiger partial charge in [-0.1, -0.05) is 66.7 Å². The second-order valence-corrected chi connectivity index (χ2v) is 6.43. The van der Waals surface area contributed by atoms with Gasteiger partial charge in [-0.3, -0.25) is 0 Å². The molecule has 3 nitrogen and oxygen atoms in total. The number of carbonyl (C=O) groups excluding carboxylic acids is 1. The van der Waals surface area contributed by atoms with Gasteiger partial charge >= 0.3 is 12.1 Å². The van der Waals surface area contributed by atoms with Crippen molar-refractivity contribution in [1.82, 2.24) is 0 Å². The highest BCUT2D eigenvalue weighted by Crippen LogP contribution is 2.43. The molecule has 2 aromatic carbocycles. The zero-order valence-corrected chi connectivity index (χ0v) is 15.6. The molecule has 0 fully saturated rings. The normalized spacial score (nSPS) is 14.7. The maximum Gasteiger partial charge on any atom is 0.432 e. The lowest BCUT2D eigenvalue weighted by molar-refractivity contribution is -0.276. The zero-order valence-electron chi connectivity index (χ0n) is 15.6. The van der Waals surface area contributed by atoms with E-state index in [1.807, 2.05) is 30.3 Å². The Labute approximate surface area is 162 Å². The fraction of sp³-hybridized carbons (Fsp3) is 0.318. The topological polar surface area (TPSA) is 35.5 Å². The number of rotatable bonds is 9. The van der Waals surface area contributed by atoms with E-state index in [1.165, 1.54) is 24.3 Å². The summed E-state index contributed by atoms with van der Waals surface area (Å²) in [4.78, 5) is 12.6. The predicted octanol–water partition coefficient (Wildman–Crippen LogP) is 5.07. The lowest BCUT2D eigenvalue weighted by Gasteiger charge is -2.32. The van der Waals surface area contributed by atoms with Gasteiger partial charge in [0.25, 0.3) is 5.60 Å². The highest BCUT2D eigenvalue weighted by Gasteiger charge is 2.64. The first-order valence-corrected chi connectivity index (χ1v) is 8.84. The summed E-state index contributed by atoms with van der Waals surface area (Å²) in [6.45, 7) is 3.50. The van der Waals surface area contributed by atoms with Crippen molar-refractivity contribution in [2.45, 2.75) is 24.6 Å². The Morgan fingerprint density at radius 1 is 1.07 bits per heavy atom. The van der Waals surface area contributed by atoms with Crippen molar-refractivity contribution in [2.75, 3.05) is 13.7 Å². The molecule has 6 heteroatoms. The second kappa shape index (κ2) is 9.55. The fourth-order valence-corrected chi connectivity index (χ4v) is 3.08. The summed E-state index contributed by atoms with van der Waals surface area (Å²) < 4.78 is 51.5. The monoisotopic (exact) mass is 392 g/mol. The van der Waals surface area contributed by atoms with Gasteiger partial charge in [0.05, 0.1) is 6.61 Å². The molecule has 150 valence electrons. The highest BCUT2D eigenvalue weighted by atomic mass is 19.4. The van der Waals surface area contributed by atoms with Gasteiger partial charge in [-0.25, -0.2) is 4.79 Å². The van der Waals surface area contributed by atoms with Crippen LogP contribution in [0.5, 0.6) is 0 Å². The van der Waals surface area contributed by atoms with Gasteiger partial charge in [-0.15, -0.1) is 6.58 Å². The van der Waals surface area contributed by atoms with Crippen molar-refractivity contribution >= 4 is 5.97 Å². The maximum absolute atomic E-state index is 13.9. The zero-order chi connectivity index (χ0) is 20.6. The van der Waals surface area contributed by atoms with E-state index in [9.17, 15) is 18.0 Å². The molecular weight excluding hydrogens is 369 g/mol. The quantitative estimate of drug-likeness (QED) is 0.442. The van der Waals surface area contributed by atoms with Crippen molar-refractivity contribution in [3.8, 4) is 0 Å². The maximum atomic E-state index is 13.9. The molecule has 2 rings (SSSR count). The van der Waals surface area contributed by atoms with Gasteiger partial charge in [0, 0.05) is 18.6 Å². The van der Waals surface area contributed by atoms with Crippen molar-refractivity contribution in [2.24, 2.45) is 5.92 Å². The van der Waals surface area contributed by atoms with Gasteiger partial charge in [0.2, 0.25) is 0 Å². The van der Waals surface area contributed by atoms with E-state index in [2.05, 4.69) is 6.58 Å². The predicted molar refractivity (Wildman–Crippen MR) is 101 cm³/mol. The van der Waals surface area contributed by atoms with Crippen LogP contribution in [-0.2, 0) is 26.3 Å². The third kappa shape index (κ3) is 4.81. The molecule has 0 aliphatic heterocycles. The summed E-state index contributed by atoms with van der Waals surface area (Å²) in [5, 5.41) is 0. The number of hydrogen-bond donors (Lipinski definition) is 0. The standard InChI is InChI=1S/C22H23F3O3/c1-3-10-18(15-17-11-6-4-7-12-17)16-28-20(26)21(27-2,22(23,24)25)19-13-8-5-9-14-19/h3-9,11-14,18H,1,10,15-16H2,2H3/t18-,21+/m0/s1. The van der Waals surface area contributed by atoms with Gasteiger partial charge < -0.3 is 9.47 Å². The fourth-order valence-electron chi connectivity index (χ4n) is 3.08. The molecule has 0 saturated heterocycles. The van der Waals surface area contributed by atoms with Crippen LogP contribution in [0, 0.1) is 5.92 Å². The molecule has 0 N–H and O–H groups in total. The molecule has 0 aliphatic rings. The van der Waals surface area contributed by atoms with Gasteiger partial charge in [-0.05, 0) is 18.4 Å². The Balaban J connectivity index is 2.21. The minimum absolute atomic E-state index is 0.173. The van der Waals surface area contributed by atoms with Crippen LogP contribution in [0.2, 0.25) is 0 Å². The average molecular weight is 392 g/mol. The van der Waals surface area contributed by atoms with Gasteiger partial charge in [-0.2, -0.15) is 13.2 Å². The van der Waals surface area contributed by atoms with Gasteiger partial charge in [0.15, 0.2) is 0 Å². The summed E-state index contributed by atoms with van der Waals surface area (Å²) in [7, 11) is 0.854. The smallest absolute Gasteiger partial charge is 0.432 e. The van der Waals surface area contributed by atoms with Crippen LogP contribution in [0.25, 0.3) is 0 Å². The van der Waals surface area contributed by atoms with Crippen LogP contribution in [-0.4, -0.2) is 25.9 Å². The second-order valence-electron chi connectivity index (χ2n) is 6.43. The van der Waals surface area contributed by atoms with E-state index in [1.54, 1.807) is 12.1 Å². The van der Waals surface area contributed by atoms with Crippen molar-refractivity contribution in [1.29, 1.82) is 0 Å². The van der Waals surface area contributed by atoms with E-state index in [0.29, 0.717) is 12.8 Å². The van der Waals surface area contributed by atoms with E-state index >= 15 is 0 Å². The first-order chi connectivity index (χ1) is 13.3. The largest absolute Gasteiger partial charge is 0.463 e. The molecule has 0 spiro atoms. The number of esters is 1. The number of allylic oxidation sites excluding steroid dienone is 1. The molecule has 0 radical (unpaired) electrons. The van der Waals surface area contributed by atoms with Crippen LogP contribution in [0.3, 0.4) is 0 Å². The van der Waals surface area contributed by atoms with Crippen LogP contribution >= 0.6 is 0 Å². The van der Waals surface area contributed by atoms with E-state index < -0.39 is 17.7 Å². The Bertz CT molecular complexity index is 760. The number of alkyl halides is 3. The number of hydrogen-bond acceptors (Lipinski definition) is 3. The SMILES string of the molecule is C=CC[C@H](COC(=O)[C@](OC)(c1ccccc1)C(F)(F)F)Cc1ccccc1. The first kappa shape index (κ1) is 21.7. The van der Waals surface area contributed by atoms with Crippen LogP contribution in [0.15, 0.2) is 73.3 Å². The Morgan fingerprint density at radius 2 is 1.64 bits per heavy atom. The van der Waals surface area contributed by atoms with E-state index in [0.717, 1.165) is 12.7 Å². The average Bonchev–Trinajstić information content (AvgIpc) is 2.68. The molecule has 0 aromatic heterocycles. The number of ether oxygens (including phenoxy) is 2. The molecule has 0 heterocycles. The summed E-state index contributed by atoms with van der Waals surface area (Å²) >= 11 is 0. The molecule has 0 bridgehead atoms.